The van der Waals surface area contributed by atoms with Gasteiger partial charge in [0.05, 0.1) is 4.90 Å². The topological polar surface area (TPSA) is 98.5 Å². The number of hydrogen-bond acceptors (Lipinski definition) is 5. The number of ether oxygens (including phenoxy) is 1. The Kier molecular flexibility index (Phi) is 4.63. The van der Waals surface area contributed by atoms with Gasteiger partial charge >= 0.3 is 5.91 Å². The number of nitrogens with two attached hydrogens (primary N) is 1. The molecule has 7 nitrogen and oxygen atoms in total. The zero-order valence-corrected chi connectivity index (χ0v) is 19.0. The van der Waals surface area contributed by atoms with Crippen molar-refractivity contribution in [1.82, 2.24) is 9.21 Å². The molecule has 3 heterocycles. The molecule has 0 aliphatic carbocycles. The predicted octanol–water partition coefficient (Wildman–Crippen LogP) is 2.27. The van der Waals surface area contributed by atoms with Crippen molar-refractivity contribution in [1.29, 1.82) is 0 Å². The highest BCUT2D eigenvalue weighted by molar-refractivity contribution is 7.89. The number of carbonyl (C=O) groups excluding carboxylic acids is 1. The normalized spacial score (nSPS) is 33.1. The number of benzene rings is 2. The van der Waals surface area contributed by atoms with Gasteiger partial charge in [-0.1, -0.05) is 18.2 Å². The van der Waals surface area contributed by atoms with Gasteiger partial charge in [-0.3, -0.25) is 0 Å². The van der Waals surface area contributed by atoms with Crippen LogP contribution < -0.4 is 14.9 Å². The van der Waals surface area contributed by atoms with Crippen LogP contribution in [0.25, 0.3) is 10.8 Å². The number of amides is 1. The Bertz CT molecular complexity index is 1170. The molecular weight excluding hydrogens is 414 g/mol. The lowest BCUT2D eigenvalue weighted by atomic mass is 9.89. The second kappa shape index (κ2) is 6.83. The molecule has 3 aliphatic rings. The Morgan fingerprint density at radius 3 is 2.58 bits per heavy atom. The Labute approximate surface area is 183 Å². The van der Waals surface area contributed by atoms with Gasteiger partial charge in [-0.15, -0.1) is 0 Å². The van der Waals surface area contributed by atoms with Crippen LogP contribution in [0.5, 0.6) is 0 Å². The number of piperidine rings is 1. The summed E-state index contributed by atoms with van der Waals surface area (Å²) in [5.41, 5.74) is 6.57. The summed E-state index contributed by atoms with van der Waals surface area (Å²) >= 11 is 0. The van der Waals surface area contributed by atoms with Crippen molar-refractivity contribution < 1.29 is 17.9 Å². The van der Waals surface area contributed by atoms with E-state index in [2.05, 4.69) is 4.72 Å². The summed E-state index contributed by atoms with van der Waals surface area (Å²) < 4.78 is 35.1. The molecule has 0 saturated carbocycles. The Balaban J connectivity index is 1.70. The van der Waals surface area contributed by atoms with Gasteiger partial charge < -0.3 is 10.5 Å². The Hall–Kier alpha value is -1.84. The van der Waals surface area contributed by atoms with E-state index in [1.165, 1.54) is 0 Å². The van der Waals surface area contributed by atoms with Crippen LogP contribution in [0.3, 0.4) is 0 Å². The summed E-state index contributed by atoms with van der Waals surface area (Å²) in [6.07, 6.45) is 1.60. The smallest absolute Gasteiger partial charge is 0.336 e. The quantitative estimate of drug-likeness (QED) is 0.559. The van der Waals surface area contributed by atoms with Crippen LogP contribution >= 0.6 is 0 Å². The van der Waals surface area contributed by atoms with Crippen molar-refractivity contribution in [2.24, 2.45) is 11.7 Å². The summed E-state index contributed by atoms with van der Waals surface area (Å²) in [6, 6.07) is 10.6. The number of fused-ring (bicyclic) bond motifs is 2. The Morgan fingerprint density at radius 1 is 1.13 bits per heavy atom. The van der Waals surface area contributed by atoms with Gasteiger partial charge in [-0.25, -0.2) is 22.4 Å². The van der Waals surface area contributed by atoms with Crippen LogP contribution in [0.15, 0.2) is 41.3 Å². The minimum absolute atomic E-state index is 0.0188. The average molecular weight is 445 g/mol. The summed E-state index contributed by atoms with van der Waals surface area (Å²) in [7, 11) is -3.74. The highest BCUT2D eigenvalue weighted by Gasteiger charge is 2.78. The third-order valence-corrected chi connectivity index (χ3v) is 8.74. The van der Waals surface area contributed by atoms with Gasteiger partial charge in [-0.05, 0) is 45.7 Å². The lowest BCUT2D eigenvalue weighted by Crippen LogP contribution is -2.55. The molecule has 3 fully saturated rings. The van der Waals surface area contributed by atoms with Crippen LogP contribution in [-0.4, -0.2) is 51.2 Å². The van der Waals surface area contributed by atoms with Gasteiger partial charge in [0, 0.05) is 34.9 Å². The van der Waals surface area contributed by atoms with Crippen molar-refractivity contribution >= 4 is 32.4 Å². The summed E-state index contributed by atoms with van der Waals surface area (Å²) in [5.74, 6) is 0.357. The molecule has 8 heteroatoms. The van der Waals surface area contributed by atoms with E-state index in [9.17, 15) is 13.2 Å². The predicted molar refractivity (Wildman–Crippen MR) is 120 cm³/mol. The number of sulfonamides is 1. The molecule has 5 rings (SSSR count). The van der Waals surface area contributed by atoms with E-state index in [0.717, 1.165) is 17.5 Å². The number of nitrogens with one attached hydrogen (secondary N) is 1. The molecule has 3 aliphatic heterocycles. The van der Waals surface area contributed by atoms with Crippen molar-refractivity contribution in [2.75, 3.05) is 13.2 Å². The maximum absolute atomic E-state index is 13.5. The number of nitrogens with zero attached hydrogens (tertiary/aromatic N) is 1. The molecule has 0 bridgehead atoms. The van der Waals surface area contributed by atoms with E-state index in [-0.39, 0.29) is 27.4 Å². The number of rotatable bonds is 3. The minimum atomic E-state index is -3.74. The van der Waals surface area contributed by atoms with E-state index in [1.807, 2.05) is 45.0 Å². The molecule has 0 aromatic heterocycles. The fourth-order valence-electron chi connectivity index (χ4n) is 5.91. The van der Waals surface area contributed by atoms with E-state index in [4.69, 9.17) is 10.5 Å². The maximum atomic E-state index is 13.5. The van der Waals surface area contributed by atoms with Crippen LogP contribution in [-0.2, 0) is 19.6 Å². The molecule has 5 atom stereocenters. The van der Waals surface area contributed by atoms with Gasteiger partial charge in [0.15, 0.2) is 12.1 Å². The standard InChI is InChI=1S/C23H30N3O4S/c1-23(2,3)25-31(28,29)20-9-5-6-15-16(20)7-4-8-18(15)26-19-13-30-11-10-14(21(19)26)12-17(24)22(26)27/h4-9,14,17,19,21,25H,10-13,24H2,1-3H3/q+1/t14?,17-,19?,21?,26?/m0/s1. The zero-order valence-electron chi connectivity index (χ0n) is 18.2. The first-order chi connectivity index (χ1) is 14.6. The zero-order chi connectivity index (χ0) is 22.2. The van der Waals surface area contributed by atoms with E-state index >= 15 is 0 Å². The number of carbonyl (C=O) groups is 1. The fourth-order valence-corrected chi connectivity index (χ4v) is 7.55. The molecule has 4 unspecified atom stereocenters. The van der Waals surface area contributed by atoms with Gasteiger partial charge in [0.25, 0.3) is 0 Å². The molecule has 3 saturated heterocycles. The molecular formula is C23H30N3O4S+. The molecule has 3 N–H and O–H groups in total. The maximum Gasteiger partial charge on any atom is 0.336 e. The van der Waals surface area contributed by atoms with Gasteiger partial charge in [0.1, 0.15) is 18.3 Å². The SMILES string of the molecule is CC(C)(C)NS(=O)(=O)c1cccc2c([N+]34C(=O)[C@@H](N)CC5CCOCC3C54)cccc12. The second-order valence-corrected chi connectivity index (χ2v) is 11.8. The van der Waals surface area contributed by atoms with Crippen LogP contribution in [0, 0.1) is 5.92 Å². The molecule has 166 valence electrons. The molecule has 1 amide bonds. The second-order valence-electron chi connectivity index (χ2n) is 10.1. The lowest BCUT2D eigenvalue weighted by molar-refractivity contribution is -0.130. The molecule has 2 aromatic carbocycles. The first kappa shape index (κ1) is 21.0. The summed E-state index contributed by atoms with van der Waals surface area (Å²) in [6.45, 7) is 6.68. The fraction of sp³-hybridized carbons (Fsp3) is 0.522. The van der Waals surface area contributed by atoms with Crippen molar-refractivity contribution in [2.45, 2.75) is 62.2 Å². The highest BCUT2D eigenvalue weighted by Crippen LogP contribution is 2.57. The van der Waals surface area contributed by atoms with Crippen molar-refractivity contribution in [3.8, 4) is 0 Å². The van der Waals surface area contributed by atoms with Gasteiger partial charge in [-0.2, -0.15) is 0 Å². The van der Waals surface area contributed by atoms with Gasteiger partial charge in [0.2, 0.25) is 10.0 Å². The van der Waals surface area contributed by atoms with Crippen LogP contribution in [0.1, 0.15) is 33.6 Å². The first-order valence-electron chi connectivity index (χ1n) is 10.9. The number of quaternary nitrogens is 1. The van der Waals surface area contributed by atoms with E-state index < -0.39 is 21.6 Å². The van der Waals surface area contributed by atoms with Crippen LogP contribution in [0.2, 0.25) is 0 Å². The average Bonchev–Trinajstić information content (AvgIpc) is 3.39. The monoisotopic (exact) mass is 444 g/mol. The summed E-state index contributed by atoms with van der Waals surface area (Å²) in [5, 5.41) is 1.41. The first-order valence-corrected chi connectivity index (χ1v) is 12.4. The highest BCUT2D eigenvalue weighted by atomic mass is 32.2. The molecule has 0 spiro atoms. The molecule has 0 radical (unpaired) electrons. The van der Waals surface area contributed by atoms with Crippen molar-refractivity contribution in [3.63, 3.8) is 0 Å². The van der Waals surface area contributed by atoms with Crippen molar-refractivity contribution in [3.05, 3.63) is 36.4 Å². The van der Waals surface area contributed by atoms with E-state index in [1.54, 1.807) is 12.1 Å². The minimum Gasteiger partial charge on any atom is -0.375 e. The molecule has 31 heavy (non-hydrogen) atoms. The van der Waals surface area contributed by atoms with Crippen LogP contribution in [0.4, 0.5) is 5.69 Å². The third-order valence-electron chi connectivity index (χ3n) is 6.93. The lowest BCUT2D eigenvalue weighted by Gasteiger charge is -2.32. The Morgan fingerprint density at radius 2 is 1.84 bits per heavy atom. The molecule has 2 aromatic rings. The van der Waals surface area contributed by atoms with E-state index in [0.29, 0.717) is 30.9 Å². The number of hydrogen-bond donors (Lipinski definition) is 2. The third kappa shape index (κ3) is 3.08. The summed E-state index contributed by atoms with van der Waals surface area (Å²) in [4.78, 5) is 13.7. The largest absolute Gasteiger partial charge is 0.375 e.